The molecule has 1 amide bonds. The molecule has 2 heteroatoms. The first-order valence-corrected chi connectivity index (χ1v) is 7.47. The van der Waals surface area contributed by atoms with E-state index in [2.05, 4.69) is 37.1 Å². The van der Waals surface area contributed by atoms with Gasteiger partial charge in [0.1, 0.15) is 0 Å². The fraction of sp³-hybridized carbons (Fsp3) is 0.500. The summed E-state index contributed by atoms with van der Waals surface area (Å²) in [5, 5.41) is 0. The monoisotopic (exact) mass is 267 g/mol. The molecule has 0 radical (unpaired) electrons. The van der Waals surface area contributed by atoms with E-state index in [-0.39, 0.29) is 11.8 Å². The van der Waals surface area contributed by atoms with Gasteiger partial charge in [-0.15, -0.1) is 6.42 Å². The van der Waals surface area contributed by atoms with E-state index >= 15 is 0 Å². The summed E-state index contributed by atoms with van der Waals surface area (Å²) in [5.41, 5.74) is 2.39. The molecule has 3 rings (SSSR count). The summed E-state index contributed by atoms with van der Waals surface area (Å²) in [6, 6.07) is 8.32. The zero-order valence-electron chi connectivity index (χ0n) is 12.0. The van der Waals surface area contributed by atoms with Crippen LogP contribution in [0.1, 0.15) is 30.4 Å². The summed E-state index contributed by atoms with van der Waals surface area (Å²) in [7, 11) is 0. The lowest BCUT2D eigenvalue weighted by molar-refractivity contribution is -0.132. The Morgan fingerprint density at radius 1 is 1.35 bits per heavy atom. The number of amides is 1. The lowest BCUT2D eigenvalue weighted by Gasteiger charge is -2.20. The number of carbonyl (C=O) groups excluding carboxylic acids is 1. The Morgan fingerprint density at radius 3 is 2.65 bits per heavy atom. The van der Waals surface area contributed by atoms with Crippen LogP contribution in [0, 0.1) is 37.0 Å². The minimum absolute atomic E-state index is 0.251. The Bertz CT molecular complexity index is 536. The van der Waals surface area contributed by atoms with E-state index in [1.807, 2.05) is 4.90 Å². The zero-order valence-corrected chi connectivity index (χ0v) is 12.0. The van der Waals surface area contributed by atoms with Crippen molar-refractivity contribution in [3.05, 3.63) is 35.4 Å². The summed E-state index contributed by atoms with van der Waals surface area (Å²) < 4.78 is 0. The summed E-state index contributed by atoms with van der Waals surface area (Å²) in [4.78, 5) is 14.4. The average Bonchev–Trinajstić information content (AvgIpc) is 3.30. The number of nitrogens with zero attached hydrogens (tertiary/aromatic N) is 1. The van der Waals surface area contributed by atoms with Gasteiger partial charge in [0, 0.05) is 12.5 Å². The molecule has 0 spiro atoms. The highest BCUT2D eigenvalue weighted by atomic mass is 16.2. The number of rotatable bonds is 5. The fourth-order valence-corrected chi connectivity index (χ4v) is 3.01. The van der Waals surface area contributed by atoms with Crippen molar-refractivity contribution in [2.24, 2.45) is 17.8 Å². The minimum atomic E-state index is 0.251. The highest BCUT2D eigenvalue weighted by Gasteiger charge is 2.52. The molecule has 2 nitrogen and oxygen atoms in total. The van der Waals surface area contributed by atoms with E-state index in [9.17, 15) is 4.79 Å². The summed E-state index contributed by atoms with van der Waals surface area (Å²) in [6.45, 7) is 3.12. The maximum absolute atomic E-state index is 12.5. The topological polar surface area (TPSA) is 20.3 Å². The van der Waals surface area contributed by atoms with Gasteiger partial charge in [0.15, 0.2) is 0 Å². The molecule has 1 aromatic carbocycles. The van der Waals surface area contributed by atoms with Gasteiger partial charge in [0.25, 0.3) is 0 Å². The molecule has 0 unspecified atom stereocenters. The normalized spacial score (nSPS) is 24.0. The first kappa shape index (κ1) is 13.2. The second-order valence-electron chi connectivity index (χ2n) is 6.23. The molecule has 104 valence electrons. The standard InChI is InChI=1S/C18H21NO/c1-3-10-19(12-14-6-4-13(2)5-7-14)18(20)17-11-16(17)15-8-9-15/h1,4-7,15-17H,8-12H2,2H3/t16-,17-/m0/s1. The van der Waals surface area contributed by atoms with Crippen LogP contribution in [0.15, 0.2) is 24.3 Å². The predicted octanol–water partition coefficient (Wildman–Crippen LogP) is 3.00. The maximum atomic E-state index is 12.5. The highest BCUT2D eigenvalue weighted by Crippen LogP contribution is 2.54. The van der Waals surface area contributed by atoms with E-state index in [0.717, 1.165) is 17.9 Å². The zero-order chi connectivity index (χ0) is 14.1. The SMILES string of the molecule is C#CCN(Cc1ccc(C)cc1)C(=O)[C@H]1C[C@H]1C1CC1. The predicted molar refractivity (Wildman–Crippen MR) is 79.8 cm³/mol. The van der Waals surface area contributed by atoms with Crippen molar-refractivity contribution in [2.45, 2.75) is 32.7 Å². The molecule has 0 saturated heterocycles. The van der Waals surface area contributed by atoms with E-state index in [1.54, 1.807) is 0 Å². The van der Waals surface area contributed by atoms with Gasteiger partial charge in [-0.05, 0) is 43.6 Å². The van der Waals surface area contributed by atoms with E-state index < -0.39 is 0 Å². The van der Waals surface area contributed by atoms with Gasteiger partial charge in [0.2, 0.25) is 5.91 Å². The fourth-order valence-electron chi connectivity index (χ4n) is 3.01. The second kappa shape index (κ2) is 5.32. The molecule has 0 aliphatic heterocycles. The second-order valence-corrected chi connectivity index (χ2v) is 6.23. The molecule has 2 fully saturated rings. The third-order valence-corrected chi connectivity index (χ3v) is 4.47. The number of hydrogen-bond acceptors (Lipinski definition) is 1. The van der Waals surface area contributed by atoms with E-state index in [0.29, 0.717) is 19.0 Å². The van der Waals surface area contributed by atoms with Gasteiger partial charge in [-0.2, -0.15) is 0 Å². The Kier molecular flexibility index (Phi) is 3.53. The van der Waals surface area contributed by atoms with Crippen LogP contribution in [0.25, 0.3) is 0 Å². The van der Waals surface area contributed by atoms with Crippen LogP contribution >= 0.6 is 0 Å². The molecule has 1 aromatic rings. The smallest absolute Gasteiger partial charge is 0.227 e. The molecule has 0 N–H and O–H groups in total. The Morgan fingerprint density at radius 2 is 2.05 bits per heavy atom. The molecule has 0 heterocycles. The molecular weight excluding hydrogens is 246 g/mol. The summed E-state index contributed by atoms with van der Waals surface area (Å²) >= 11 is 0. The van der Waals surface area contributed by atoms with Gasteiger partial charge in [-0.3, -0.25) is 4.79 Å². The minimum Gasteiger partial charge on any atom is -0.327 e. The van der Waals surface area contributed by atoms with Gasteiger partial charge in [-0.1, -0.05) is 35.7 Å². The molecule has 2 aliphatic rings. The molecular formula is C18H21NO. The third kappa shape index (κ3) is 2.88. The molecule has 2 saturated carbocycles. The number of carbonyl (C=O) groups is 1. The molecule has 2 aliphatic carbocycles. The lowest BCUT2D eigenvalue weighted by Crippen LogP contribution is -2.32. The van der Waals surface area contributed by atoms with Crippen LogP contribution in [0.3, 0.4) is 0 Å². The summed E-state index contributed by atoms with van der Waals surface area (Å²) in [6.07, 6.45) is 9.15. The Labute approximate surface area is 121 Å². The molecule has 0 bridgehead atoms. The largest absolute Gasteiger partial charge is 0.327 e. The van der Waals surface area contributed by atoms with Crippen molar-refractivity contribution in [3.63, 3.8) is 0 Å². The van der Waals surface area contributed by atoms with Crippen molar-refractivity contribution >= 4 is 5.91 Å². The number of terminal acetylenes is 1. The van der Waals surface area contributed by atoms with Crippen LogP contribution < -0.4 is 0 Å². The van der Waals surface area contributed by atoms with Gasteiger partial charge < -0.3 is 4.90 Å². The van der Waals surface area contributed by atoms with Crippen molar-refractivity contribution in [1.29, 1.82) is 0 Å². The average molecular weight is 267 g/mol. The van der Waals surface area contributed by atoms with Crippen LogP contribution in [0.5, 0.6) is 0 Å². The molecule has 20 heavy (non-hydrogen) atoms. The highest BCUT2D eigenvalue weighted by molar-refractivity contribution is 5.82. The Balaban J connectivity index is 1.64. The van der Waals surface area contributed by atoms with Gasteiger partial charge in [-0.25, -0.2) is 0 Å². The van der Waals surface area contributed by atoms with Crippen molar-refractivity contribution < 1.29 is 4.79 Å². The molecule has 0 aromatic heterocycles. The maximum Gasteiger partial charge on any atom is 0.227 e. The van der Waals surface area contributed by atoms with Crippen molar-refractivity contribution in [1.82, 2.24) is 4.90 Å². The van der Waals surface area contributed by atoms with Crippen molar-refractivity contribution in [3.8, 4) is 12.3 Å². The quantitative estimate of drug-likeness (QED) is 0.751. The number of aryl methyl sites for hydroxylation is 1. The van der Waals surface area contributed by atoms with Gasteiger partial charge >= 0.3 is 0 Å². The first-order valence-electron chi connectivity index (χ1n) is 7.47. The first-order chi connectivity index (χ1) is 9.69. The summed E-state index contributed by atoms with van der Waals surface area (Å²) in [5.74, 6) is 4.63. The van der Waals surface area contributed by atoms with E-state index in [4.69, 9.17) is 6.42 Å². The van der Waals surface area contributed by atoms with Crippen LogP contribution in [0.4, 0.5) is 0 Å². The van der Waals surface area contributed by atoms with Crippen molar-refractivity contribution in [2.75, 3.05) is 6.54 Å². The number of benzene rings is 1. The lowest BCUT2D eigenvalue weighted by atomic mass is 10.1. The van der Waals surface area contributed by atoms with E-state index in [1.165, 1.54) is 18.4 Å². The third-order valence-electron chi connectivity index (χ3n) is 4.47. The number of hydrogen-bond donors (Lipinski definition) is 0. The molecule has 2 atom stereocenters. The van der Waals surface area contributed by atoms with Crippen LogP contribution in [-0.4, -0.2) is 17.4 Å². The Hall–Kier alpha value is -1.75. The van der Waals surface area contributed by atoms with Crippen LogP contribution in [-0.2, 0) is 11.3 Å². The van der Waals surface area contributed by atoms with Gasteiger partial charge in [0.05, 0.1) is 6.54 Å². The van der Waals surface area contributed by atoms with Crippen LogP contribution in [0.2, 0.25) is 0 Å².